The monoisotopic (exact) mass is 286 g/mol. The number of sulfonamides is 1. The van der Waals surface area contributed by atoms with Crippen LogP contribution in [0.2, 0.25) is 0 Å². The maximum absolute atomic E-state index is 12.4. The molecule has 0 aliphatic carbocycles. The Kier molecular flexibility index (Phi) is 3.34. The fraction of sp³-hybridized carbons (Fsp3) is 0.727. The van der Waals surface area contributed by atoms with Crippen LogP contribution >= 0.6 is 0 Å². The van der Waals surface area contributed by atoms with E-state index in [-0.39, 0.29) is 23.3 Å². The van der Waals surface area contributed by atoms with Gasteiger partial charge in [-0.2, -0.15) is 5.10 Å². The molecule has 2 aliphatic heterocycles. The van der Waals surface area contributed by atoms with Crippen LogP contribution in [-0.4, -0.2) is 43.9 Å². The van der Waals surface area contributed by atoms with Crippen LogP contribution in [0.3, 0.4) is 0 Å². The molecule has 3 atom stereocenters. The lowest BCUT2D eigenvalue weighted by atomic mass is 9.96. The van der Waals surface area contributed by atoms with Gasteiger partial charge in [0.25, 0.3) is 10.0 Å². The van der Waals surface area contributed by atoms with Crippen molar-refractivity contribution in [1.82, 2.24) is 20.2 Å². The van der Waals surface area contributed by atoms with Crippen LogP contribution in [0.15, 0.2) is 11.2 Å². The smallest absolute Gasteiger partial charge is 0.258 e. The van der Waals surface area contributed by atoms with Gasteiger partial charge < -0.3 is 10.1 Å². The van der Waals surface area contributed by atoms with Crippen molar-refractivity contribution < 1.29 is 13.2 Å². The Balaban J connectivity index is 1.77. The Bertz CT molecular complexity index is 556. The Hall–Kier alpha value is -0.960. The molecule has 2 saturated heterocycles. The van der Waals surface area contributed by atoms with E-state index in [9.17, 15) is 8.42 Å². The van der Waals surface area contributed by atoms with Crippen molar-refractivity contribution in [3.05, 3.63) is 11.8 Å². The first-order valence-corrected chi connectivity index (χ1v) is 7.93. The second-order valence-electron chi connectivity index (χ2n) is 5.09. The average molecular weight is 286 g/mol. The van der Waals surface area contributed by atoms with Gasteiger partial charge in [0.1, 0.15) is 0 Å². The van der Waals surface area contributed by atoms with Crippen molar-refractivity contribution in [2.75, 3.05) is 7.05 Å². The minimum Gasteiger partial charge on any atom is -0.373 e. The molecule has 19 heavy (non-hydrogen) atoms. The van der Waals surface area contributed by atoms with Crippen molar-refractivity contribution in [3.63, 3.8) is 0 Å². The van der Waals surface area contributed by atoms with Crippen molar-refractivity contribution in [1.29, 1.82) is 0 Å². The summed E-state index contributed by atoms with van der Waals surface area (Å²) in [5, 5.41) is 9.45. The van der Waals surface area contributed by atoms with Gasteiger partial charge in [-0.05, 0) is 26.3 Å². The number of H-pyrrole nitrogens is 1. The first-order valence-electron chi connectivity index (χ1n) is 6.45. The molecule has 0 amide bonds. The third-order valence-electron chi connectivity index (χ3n) is 3.73. The van der Waals surface area contributed by atoms with Gasteiger partial charge in [-0.1, -0.05) is 0 Å². The molecule has 8 heteroatoms. The summed E-state index contributed by atoms with van der Waals surface area (Å²) in [4.78, 5) is 0. The SMILES string of the molecule is CNCc1cn[nH]c1S(=O)(=O)NC1CC2CCC1O2. The van der Waals surface area contributed by atoms with Gasteiger partial charge in [0.15, 0.2) is 5.03 Å². The molecule has 106 valence electrons. The highest BCUT2D eigenvalue weighted by molar-refractivity contribution is 7.89. The van der Waals surface area contributed by atoms with Crippen LogP contribution in [0.1, 0.15) is 24.8 Å². The minimum absolute atomic E-state index is 0.0236. The lowest BCUT2D eigenvalue weighted by Gasteiger charge is -2.19. The van der Waals surface area contributed by atoms with Gasteiger partial charge in [0.05, 0.1) is 24.4 Å². The van der Waals surface area contributed by atoms with Crippen LogP contribution < -0.4 is 10.0 Å². The molecule has 1 aromatic heterocycles. The molecule has 3 heterocycles. The van der Waals surface area contributed by atoms with Crippen molar-refractivity contribution in [2.24, 2.45) is 0 Å². The zero-order valence-corrected chi connectivity index (χ0v) is 11.5. The Labute approximate surface area is 112 Å². The third kappa shape index (κ3) is 2.40. The summed E-state index contributed by atoms with van der Waals surface area (Å²) in [6.07, 6.45) is 4.51. The number of hydrogen-bond acceptors (Lipinski definition) is 5. The number of nitrogens with one attached hydrogen (secondary N) is 3. The maximum Gasteiger partial charge on any atom is 0.258 e. The standard InChI is InChI=1S/C11H18N4O3S/c1-12-5-7-6-13-14-11(7)19(16,17)15-9-4-8-2-3-10(9)18-8/h6,8-10,12,15H,2-5H2,1H3,(H,13,14). The molecule has 1 aromatic rings. The van der Waals surface area contributed by atoms with E-state index in [1.807, 2.05) is 0 Å². The summed E-state index contributed by atoms with van der Waals surface area (Å²) in [7, 11) is -1.80. The van der Waals surface area contributed by atoms with E-state index in [4.69, 9.17) is 4.74 Å². The van der Waals surface area contributed by atoms with Crippen LogP contribution in [0.5, 0.6) is 0 Å². The summed E-state index contributed by atoms with van der Waals surface area (Å²) in [6.45, 7) is 0.458. The zero-order valence-electron chi connectivity index (χ0n) is 10.7. The van der Waals surface area contributed by atoms with E-state index >= 15 is 0 Å². The van der Waals surface area contributed by atoms with E-state index in [0.29, 0.717) is 12.1 Å². The molecule has 2 aliphatic rings. The predicted molar refractivity (Wildman–Crippen MR) is 68.0 cm³/mol. The zero-order chi connectivity index (χ0) is 13.5. The Morgan fingerprint density at radius 3 is 3.00 bits per heavy atom. The fourth-order valence-electron chi connectivity index (χ4n) is 2.87. The molecule has 3 N–H and O–H groups in total. The molecule has 0 aromatic carbocycles. The lowest BCUT2D eigenvalue weighted by Crippen LogP contribution is -2.41. The summed E-state index contributed by atoms with van der Waals surface area (Å²) >= 11 is 0. The van der Waals surface area contributed by atoms with Gasteiger partial charge in [-0.3, -0.25) is 5.10 Å². The van der Waals surface area contributed by atoms with Gasteiger partial charge in [-0.25, -0.2) is 13.1 Å². The topological polar surface area (TPSA) is 96.1 Å². The number of nitrogens with zero attached hydrogens (tertiary/aromatic N) is 1. The van der Waals surface area contributed by atoms with Crippen molar-refractivity contribution in [2.45, 2.75) is 49.1 Å². The van der Waals surface area contributed by atoms with Crippen molar-refractivity contribution in [3.8, 4) is 0 Å². The molecule has 0 radical (unpaired) electrons. The van der Waals surface area contributed by atoms with Crippen molar-refractivity contribution >= 4 is 10.0 Å². The number of aromatic nitrogens is 2. The highest BCUT2D eigenvalue weighted by Crippen LogP contribution is 2.35. The minimum atomic E-state index is -3.56. The molecule has 0 spiro atoms. The normalized spacial score (nSPS) is 30.1. The Morgan fingerprint density at radius 2 is 2.37 bits per heavy atom. The number of aromatic amines is 1. The summed E-state index contributed by atoms with van der Waals surface area (Å²) in [5.41, 5.74) is 0.638. The molecular weight excluding hydrogens is 268 g/mol. The third-order valence-corrected chi connectivity index (χ3v) is 5.23. The van der Waals surface area contributed by atoms with Gasteiger partial charge in [-0.15, -0.1) is 0 Å². The number of rotatable bonds is 5. The number of hydrogen-bond donors (Lipinski definition) is 3. The van der Waals surface area contributed by atoms with E-state index in [0.717, 1.165) is 19.3 Å². The Morgan fingerprint density at radius 1 is 1.53 bits per heavy atom. The van der Waals surface area contributed by atoms with Gasteiger partial charge in [0.2, 0.25) is 0 Å². The second-order valence-corrected chi connectivity index (χ2v) is 6.74. The molecule has 7 nitrogen and oxygen atoms in total. The molecule has 2 fully saturated rings. The number of fused-ring (bicyclic) bond motifs is 2. The fourth-order valence-corrected chi connectivity index (χ4v) is 4.28. The van der Waals surface area contributed by atoms with Crippen LogP contribution in [0.25, 0.3) is 0 Å². The highest BCUT2D eigenvalue weighted by Gasteiger charge is 2.43. The molecule has 0 saturated carbocycles. The van der Waals surface area contributed by atoms with Crippen LogP contribution in [0.4, 0.5) is 0 Å². The molecule has 2 bridgehead atoms. The lowest BCUT2D eigenvalue weighted by molar-refractivity contribution is 0.0996. The molecule has 3 rings (SSSR count). The van der Waals surface area contributed by atoms with Gasteiger partial charge >= 0.3 is 0 Å². The van der Waals surface area contributed by atoms with Crippen LogP contribution in [0, 0.1) is 0 Å². The quantitative estimate of drug-likeness (QED) is 0.692. The van der Waals surface area contributed by atoms with E-state index in [1.54, 1.807) is 7.05 Å². The van der Waals surface area contributed by atoms with E-state index < -0.39 is 10.0 Å². The number of ether oxygens (including phenoxy) is 1. The summed E-state index contributed by atoms with van der Waals surface area (Å²) < 4.78 is 33.1. The second kappa shape index (κ2) is 4.86. The van der Waals surface area contributed by atoms with E-state index in [1.165, 1.54) is 6.20 Å². The average Bonchev–Trinajstić information content (AvgIpc) is 3.03. The molecule has 3 unspecified atom stereocenters. The van der Waals surface area contributed by atoms with Crippen LogP contribution in [-0.2, 0) is 21.3 Å². The first kappa shape index (κ1) is 13.0. The first-order chi connectivity index (χ1) is 9.10. The highest BCUT2D eigenvalue weighted by atomic mass is 32.2. The molecular formula is C11H18N4O3S. The maximum atomic E-state index is 12.4. The summed E-state index contributed by atoms with van der Waals surface area (Å²) in [5.74, 6) is 0. The predicted octanol–water partition coefficient (Wildman–Crippen LogP) is -0.273. The largest absolute Gasteiger partial charge is 0.373 e. The summed E-state index contributed by atoms with van der Waals surface area (Å²) in [6, 6.07) is -0.116. The van der Waals surface area contributed by atoms with E-state index in [2.05, 4.69) is 20.2 Å². The van der Waals surface area contributed by atoms with Gasteiger partial charge in [0, 0.05) is 12.1 Å².